The Hall–Kier alpha value is -2.51. The van der Waals surface area contributed by atoms with Gasteiger partial charge in [0, 0.05) is 17.7 Å². The quantitative estimate of drug-likeness (QED) is 0.369. The van der Waals surface area contributed by atoms with Crippen molar-refractivity contribution in [2.45, 2.75) is 62.1 Å². The molecule has 0 spiro atoms. The Morgan fingerprint density at radius 3 is 2.75 bits per heavy atom. The summed E-state index contributed by atoms with van der Waals surface area (Å²) in [6, 6.07) is 12.4. The van der Waals surface area contributed by atoms with Crippen molar-refractivity contribution in [3.8, 4) is 11.4 Å². The van der Waals surface area contributed by atoms with Gasteiger partial charge in [-0.2, -0.15) is 0 Å². The molecule has 32 heavy (non-hydrogen) atoms. The van der Waals surface area contributed by atoms with Gasteiger partial charge in [0.05, 0.1) is 17.9 Å². The van der Waals surface area contributed by atoms with Crippen molar-refractivity contribution in [2.75, 3.05) is 6.61 Å². The van der Waals surface area contributed by atoms with E-state index in [0.29, 0.717) is 17.5 Å². The van der Waals surface area contributed by atoms with Gasteiger partial charge in [-0.3, -0.25) is 9.36 Å². The number of halogens is 1. The lowest BCUT2D eigenvalue weighted by Crippen LogP contribution is -2.19. The molecular formula is C25H26FN3O2S. The topological polar surface area (TPSA) is 57.0 Å². The van der Waals surface area contributed by atoms with Gasteiger partial charge >= 0.3 is 0 Å². The molecule has 2 aliphatic rings. The van der Waals surface area contributed by atoms with Crippen molar-refractivity contribution in [3.05, 3.63) is 65.0 Å². The number of thioether (sulfide) groups is 1. The summed E-state index contributed by atoms with van der Waals surface area (Å²) < 4.78 is 21.3. The van der Waals surface area contributed by atoms with Gasteiger partial charge in [0.25, 0.3) is 0 Å². The van der Waals surface area contributed by atoms with E-state index in [1.165, 1.54) is 35.0 Å². The SMILES string of the molecule is CC(Sc1nnc(-c2ccc(F)cc2)n1CC1CCCO1)C(=O)c1ccc2c(c1)CCC2. The average Bonchev–Trinajstić information content (AvgIpc) is 3.56. The van der Waals surface area contributed by atoms with Crippen LogP contribution in [0.3, 0.4) is 0 Å². The molecule has 1 aromatic heterocycles. The van der Waals surface area contributed by atoms with Crippen LogP contribution in [0.2, 0.25) is 0 Å². The minimum absolute atomic E-state index is 0.0901. The highest BCUT2D eigenvalue weighted by molar-refractivity contribution is 8.00. The van der Waals surface area contributed by atoms with Gasteiger partial charge in [0.1, 0.15) is 5.82 Å². The summed E-state index contributed by atoms with van der Waals surface area (Å²) in [4.78, 5) is 13.2. The Bertz CT molecular complexity index is 1120. The average molecular weight is 452 g/mol. The molecule has 0 amide bonds. The molecule has 5 nitrogen and oxygen atoms in total. The summed E-state index contributed by atoms with van der Waals surface area (Å²) in [5.74, 6) is 0.474. The standard InChI is InChI=1S/C25H26FN3O2S/c1-16(23(30)20-8-7-17-4-2-5-19(17)14-20)32-25-28-27-24(18-9-11-21(26)12-10-18)29(25)15-22-6-3-13-31-22/h7-12,14,16,22H,2-6,13,15H2,1H3. The number of Topliss-reactive ketones (excluding diaryl/α,β-unsaturated/α-hetero) is 1. The van der Waals surface area contributed by atoms with E-state index in [1.54, 1.807) is 12.1 Å². The van der Waals surface area contributed by atoms with Crippen LogP contribution >= 0.6 is 11.8 Å². The first-order chi connectivity index (χ1) is 15.6. The molecule has 166 valence electrons. The van der Waals surface area contributed by atoms with Gasteiger partial charge in [-0.15, -0.1) is 10.2 Å². The van der Waals surface area contributed by atoms with Gasteiger partial charge in [-0.05, 0) is 80.5 Å². The number of fused-ring (bicyclic) bond motifs is 1. The summed E-state index contributed by atoms with van der Waals surface area (Å²) in [6.45, 7) is 3.29. The second-order valence-corrected chi connectivity index (χ2v) is 9.83. The molecule has 5 rings (SSSR count). The Labute approximate surface area is 191 Å². The number of carbonyl (C=O) groups is 1. The zero-order valence-electron chi connectivity index (χ0n) is 18.1. The van der Waals surface area contributed by atoms with E-state index in [1.807, 2.05) is 17.6 Å². The smallest absolute Gasteiger partial charge is 0.192 e. The molecule has 1 fully saturated rings. The fourth-order valence-corrected chi connectivity index (χ4v) is 5.45. The fourth-order valence-electron chi connectivity index (χ4n) is 4.52. The minimum Gasteiger partial charge on any atom is -0.376 e. The number of ether oxygens (including phenoxy) is 1. The number of hydrogen-bond donors (Lipinski definition) is 0. The number of hydrogen-bond acceptors (Lipinski definition) is 5. The number of nitrogens with zero attached hydrogens (tertiary/aromatic N) is 3. The molecule has 7 heteroatoms. The van der Waals surface area contributed by atoms with E-state index in [2.05, 4.69) is 22.3 Å². The van der Waals surface area contributed by atoms with E-state index in [9.17, 15) is 9.18 Å². The van der Waals surface area contributed by atoms with Crippen molar-refractivity contribution >= 4 is 17.5 Å². The minimum atomic E-state index is -0.303. The van der Waals surface area contributed by atoms with Gasteiger partial charge in [0.2, 0.25) is 0 Å². The molecular weight excluding hydrogens is 425 g/mol. The molecule has 0 bridgehead atoms. The molecule has 0 radical (unpaired) electrons. The van der Waals surface area contributed by atoms with Crippen molar-refractivity contribution in [2.24, 2.45) is 0 Å². The van der Waals surface area contributed by atoms with E-state index >= 15 is 0 Å². The van der Waals surface area contributed by atoms with Gasteiger partial charge in [-0.1, -0.05) is 23.9 Å². The van der Waals surface area contributed by atoms with Crippen LogP contribution in [-0.2, 0) is 24.1 Å². The van der Waals surface area contributed by atoms with Crippen LogP contribution < -0.4 is 0 Å². The molecule has 0 N–H and O–H groups in total. The highest BCUT2D eigenvalue weighted by Crippen LogP contribution is 2.31. The molecule has 2 unspecified atom stereocenters. The second kappa shape index (κ2) is 9.16. The number of aryl methyl sites for hydroxylation is 2. The van der Waals surface area contributed by atoms with Crippen molar-refractivity contribution < 1.29 is 13.9 Å². The Kier molecular flexibility index (Phi) is 6.11. The first kappa shape index (κ1) is 21.3. The van der Waals surface area contributed by atoms with E-state index in [4.69, 9.17) is 4.74 Å². The van der Waals surface area contributed by atoms with Crippen molar-refractivity contribution in [3.63, 3.8) is 0 Å². The van der Waals surface area contributed by atoms with E-state index < -0.39 is 0 Å². The third-order valence-corrected chi connectivity index (χ3v) is 7.34. The number of carbonyl (C=O) groups excluding carboxylic acids is 1. The monoisotopic (exact) mass is 451 g/mol. The summed E-state index contributed by atoms with van der Waals surface area (Å²) in [5, 5.41) is 9.18. The first-order valence-electron chi connectivity index (χ1n) is 11.2. The van der Waals surface area contributed by atoms with E-state index in [0.717, 1.165) is 49.8 Å². The number of ketones is 1. The van der Waals surface area contributed by atoms with Crippen LogP contribution in [-0.4, -0.2) is 38.5 Å². The van der Waals surface area contributed by atoms with Crippen LogP contribution in [0.15, 0.2) is 47.6 Å². The predicted molar refractivity (Wildman–Crippen MR) is 123 cm³/mol. The molecule has 2 heterocycles. The van der Waals surface area contributed by atoms with Gasteiger partial charge in [-0.25, -0.2) is 4.39 Å². The zero-order chi connectivity index (χ0) is 22.1. The third-order valence-electron chi connectivity index (χ3n) is 6.26. The van der Waals surface area contributed by atoms with Gasteiger partial charge < -0.3 is 4.74 Å². The van der Waals surface area contributed by atoms with Crippen LogP contribution in [0, 0.1) is 5.82 Å². The molecule has 2 atom stereocenters. The number of rotatable bonds is 7. The Morgan fingerprint density at radius 1 is 1.16 bits per heavy atom. The fraction of sp³-hybridized carbons (Fsp3) is 0.400. The van der Waals surface area contributed by atoms with E-state index in [-0.39, 0.29) is 23.0 Å². The molecule has 1 saturated heterocycles. The number of aromatic nitrogens is 3. The summed E-state index contributed by atoms with van der Waals surface area (Å²) in [6.07, 6.45) is 5.42. The Balaban J connectivity index is 1.40. The molecule has 1 aliphatic heterocycles. The molecule has 3 aromatic rings. The zero-order valence-corrected chi connectivity index (χ0v) is 18.9. The van der Waals surface area contributed by atoms with Crippen LogP contribution in [0.4, 0.5) is 4.39 Å². The van der Waals surface area contributed by atoms with Crippen LogP contribution in [0.25, 0.3) is 11.4 Å². The lowest BCUT2D eigenvalue weighted by atomic mass is 10.0. The maximum absolute atomic E-state index is 13.4. The second-order valence-electron chi connectivity index (χ2n) is 8.52. The summed E-state index contributed by atoms with van der Waals surface area (Å²) >= 11 is 1.42. The number of benzene rings is 2. The molecule has 1 aliphatic carbocycles. The van der Waals surface area contributed by atoms with Crippen molar-refractivity contribution in [1.29, 1.82) is 0 Å². The Morgan fingerprint density at radius 2 is 1.97 bits per heavy atom. The highest BCUT2D eigenvalue weighted by Gasteiger charge is 2.25. The first-order valence-corrected chi connectivity index (χ1v) is 12.1. The van der Waals surface area contributed by atoms with Gasteiger partial charge in [0.15, 0.2) is 16.8 Å². The summed E-state index contributed by atoms with van der Waals surface area (Å²) in [5.41, 5.74) is 4.21. The third kappa shape index (κ3) is 4.36. The molecule has 0 saturated carbocycles. The molecule has 2 aromatic carbocycles. The normalized spacial score (nSPS) is 18.6. The predicted octanol–water partition coefficient (Wildman–Crippen LogP) is 5.12. The maximum Gasteiger partial charge on any atom is 0.192 e. The van der Waals surface area contributed by atoms with Crippen molar-refractivity contribution in [1.82, 2.24) is 14.8 Å². The lowest BCUT2D eigenvalue weighted by molar-refractivity contribution is 0.0953. The maximum atomic E-state index is 13.4. The largest absolute Gasteiger partial charge is 0.376 e. The lowest BCUT2D eigenvalue weighted by Gasteiger charge is -2.16. The van der Waals surface area contributed by atoms with Crippen LogP contribution in [0.1, 0.15) is 47.7 Å². The highest BCUT2D eigenvalue weighted by atomic mass is 32.2. The summed E-state index contributed by atoms with van der Waals surface area (Å²) in [7, 11) is 0. The van der Waals surface area contributed by atoms with Crippen LogP contribution in [0.5, 0.6) is 0 Å².